The number of esters is 2. The summed E-state index contributed by atoms with van der Waals surface area (Å²) in [6.07, 6.45) is 1.11. The van der Waals surface area contributed by atoms with Crippen molar-refractivity contribution in [3.63, 3.8) is 0 Å². The summed E-state index contributed by atoms with van der Waals surface area (Å²) in [5.74, 6) is -1.47. The van der Waals surface area contributed by atoms with Crippen molar-refractivity contribution in [3.8, 4) is 11.5 Å². The van der Waals surface area contributed by atoms with Crippen LogP contribution in [-0.2, 0) is 14.3 Å². The lowest BCUT2D eigenvalue weighted by Gasteiger charge is -2.13. The number of halogens is 1. The predicted octanol–water partition coefficient (Wildman–Crippen LogP) is 4.56. The Labute approximate surface area is 199 Å². The van der Waals surface area contributed by atoms with Crippen LogP contribution in [0.1, 0.15) is 29.8 Å². The number of nitrogens with zero attached hydrogens (tertiary/aromatic N) is 1. The Morgan fingerprint density at radius 1 is 1.09 bits per heavy atom. The number of amides is 2. The maximum absolute atomic E-state index is 12.6. The van der Waals surface area contributed by atoms with Crippen LogP contribution in [0.3, 0.4) is 0 Å². The first kappa shape index (κ1) is 24.3. The summed E-state index contributed by atoms with van der Waals surface area (Å²) in [4.78, 5) is 50.1. The Balaban J connectivity index is 1.80. The van der Waals surface area contributed by atoms with Gasteiger partial charge >= 0.3 is 11.9 Å². The Bertz CT molecular complexity index is 1130. The summed E-state index contributed by atoms with van der Waals surface area (Å²) in [7, 11) is 1.43. The van der Waals surface area contributed by atoms with Crippen molar-refractivity contribution in [1.82, 2.24) is 4.90 Å². The van der Waals surface area contributed by atoms with E-state index in [0.29, 0.717) is 33.7 Å². The van der Waals surface area contributed by atoms with Crippen molar-refractivity contribution in [2.45, 2.75) is 20.0 Å². The van der Waals surface area contributed by atoms with Crippen molar-refractivity contribution in [2.24, 2.45) is 0 Å². The SMILES string of the molecule is COc1ccc(/C=C2\SC(=O)N(CC(=O)OC(C)C)C2=O)cc1OC(=O)c1ccc(Cl)cc1. The second kappa shape index (κ2) is 10.5. The number of benzene rings is 2. The number of hydrogen-bond donors (Lipinski definition) is 0. The molecule has 0 aliphatic carbocycles. The minimum absolute atomic E-state index is 0.123. The number of ether oxygens (including phenoxy) is 3. The van der Waals surface area contributed by atoms with E-state index in [1.165, 1.54) is 31.4 Å². The molecule has 33 heavy (non-hydrogen) atoms. The molecule has 0 radical (unpaired) electrons. The molecule has 2 amide bonds. The average Bonchev–Trinajstić information content (AvgIpc) is 3.01. The molecule has 0 bridgehead atoms. The molecule has 0 spiro atoms. The number of carbonyl (C=O) groups is 4. The van der Waals surface area contributed by atoms with Gasteiger partial charge in [-0.3, -0.25) is 19.3 Å². The Morgan fingerprint density at radius 3 is 2.42 bits per heavy atom. The third kappa shape index (κ3) is 6.15. The van der Waals surface area contributed by atoms with E-state index in [2.05, 4.69) is 0 Å². The molecule has 2 aromatic carbocycles. The van der Waals surface area contributed by atoms with Crippen molar-refractivity contribution in [2.75, 3.05) is 13.7 Å². The normalized spacial score (nSPS) is 14.7. The molecule has 0 atom stereocenters. The van der Waals surface area contributed by atoms with Crippen LogP contribution < -0.4 is 9.47 Å². The average molecular weight is 490 g/mol. The second-order valence-corrected chi connectivity index (χ2v) is 8.54. The summed E-state index contributed by atoms with van der Waals surface area (Å²) in [6.45, 7) is 2.88. The van der Waals surface area contributed by atoms with Gasteiger partial charge in [0.1, 0.15) is 6.54 Å². The highest BCUT2D eigenvalue weighted by Crippen LogP contribution is 2.34. The maximum Gasteiger partial charge on any atom is 0.343 e. The van der Waals surface area contributed by atoms with Gasteiger partial charge in [0.15, 0.2) is 11.5 Å². The van der Waals surface area contributed by atoms with E-state index in [4.69, 9.17) is 25.8 Å². The van der Waals surface area contributed by atoms with Crippen LogP contribution in [0, 0.1) is 0 Å². The van der Waals surface area contributed by atoms with Crippen molar-refractivity contribution >= 4 is 52.5 Å². The zero-order chi connectivity index (χ0) is 24.1. The Morgan fingerprint density at radius 2 is 1.79 bits per heavy atom. The van der Waals surface area contributed by atoms with Gasteiger partial charge in [0.25, 0.3) is 11.1 Å². The van der Waals surface area contributed by atoms with Gasteiger partial charge in [-0.05, 0) is 73.6 Å². The van der Waals surface area contributed by atoms with Crippen LogP contribution >= 0.6 is 23.4 Å². The molecule has 0 aromatic heterocycles. The molecule has 1 heterocycles. The summed E-state index contributed by atoms with van der Waals surface area (Å²) >= 11 is 6.55. The number of imide groups is 1. The van der Waals surface area contributed by atoms with Crippen LogP contribution in [0.2, 0.25) is 5.02 Å². The van der Waals surface area contributed by atoms with Gasteiger partial charge in [-0.1, -0.05) is 17.7 Å². The zero-order valence-corrected chi connectivity index (χ0v) is 19.6. The minimum atomic E-state index is -0.672. The molecule has 1 aliphatic rings. The first-order chi connectivity index (χ1) is 15.7. The summed E-state index contributed by atoms with van der Waals surface area (Å²) in [5.41, 5.74) is 0.784. The van der Waals surface area contributed by atoms with Gasteiger partial charge < -0.3 is 14.2 Å². The van der Waals surface area contributed by atoms with Gasteiger partial charge in [0, 0.05) is 5.02 Å². The maximum atomic E-state index is 12.6. The Hall–Kier alpha value is -3.30. The molecular formula is C23H20ClNO7S. The summed E-state index contributed by atoms with van der Waals surface area (Å²) in [5, 5.41) is -0.0904. The zero-order valence-electron chi connectivity index (χ0n) is 18.0. The van der Waals surface area contributed by atoms with Crippen molar-refractivity contribution < 1.29 is 33.4 Å². The monoisotopic (exact) mass is 489 g/mol. The van der Waals surface area contributed by atoms with Crippen LogP contribution in [-0.4, -0.2) is 47.7 Å². The van der Waals surface area contributed by atoms with Gasteiger partial charge in [0.05, 0.1) is 23.7 Å². The highest BCUT2D eigenvalue weighted by atomic mass is 35.5. The minimum Gasteiger partial charge on any atom is -0.493 e. The second-order valence-electron chi connectivity index (χ2n) is 7.11. The summed E-state index contributed by atoms with van der Waals surface area (Å²) in [6, 6.07) is 10.9. The van der Waals surface area contributed by atoms with E-state index in [0.717, 1.165) is 4.90 Å². The van der Waals surface area contributed by atoms with E-state index in [1.807, 2.05) is 0 Å². The molecule has 1 aliphatic heterocycles. The topological polar surface area (TPSA) is 99.2 Å². The number of methoxy groups -OCH3 is 1. The summed E-state index contributed by atoms with van der Waals surface area (Å²) < 4.78 is 15.7. The largest absolute Gasteiger partial charge is 0.493 e. The van der Waals surface area contributed by atoms with Crippen LogP contribution in [0.15, 0.2) is 47.4 Å². The number of carbonyl (C=O) groups excluding carboxylic acids is 4. The lowest BCUT2D eigenvalue weighted by molar-refractivity contribution is -0.149. The van der Waals surface area contributed by atoms with Crippen LogP contribution in [0.4, 0.5) is 4.79 Å². The first-order valence-corrected chi connectivity index (χ1v) is 11.0. The van der Waals surface area contributed by atoms with Crippen molar-refractivity contribution in [1.29, 1.82) is 0 Å². The fourth-order valence-corrected chi connectivity index (χ4v) is 3.79. The lowest BCUT2D eigenvalue weighted by atomic mass is 10.1. The van der Waals surface area contributed by atoms with E-state index in [9.17, 15) is 19.2 Å². The molecule has 0 N–H and O–H groups in total. The highest BCUT2D eigenvalue weighted by molar-refractivity contribution is 8.18. The molecule has 10 heteroatoms. The third-order valence-electron chi connectivity index (χ3n) is 4.30. The standard InChI is InChI=1S/C23H20ClNO7S/c1-13(2)31-20(26)12-25-21(27)19(33-23(25)29)11-14-4-9-17(30-3)18(10-14)32-22(28)15-5-7-16(24)8-6-15/h4-11,13H,12H2,1-3H3/b19-11-. The van der Waals surface area contributed by atoms with E-state index < -0.39 is 29.6 Å². The molecule has 2 aromatic rings. The molecule has 1 saturated heterocycles. The lowest BCUT2D eigenvalue weighted by Crippen LogP contribution is -2.35. The highest BCUT2D eigenvalue weighted by Gasteiger charge is 2.36. The molecule has 172 valence electrons. The number of rotatable bonds is 7. The molecule has 0 unspecified atom stereocenters. The van der Waals surface area contributed by atoms with Gasteiger partial charge in [-0.2, -0.15) is 0 Å². The fraction of sp³-hybridized carbons (Fsp3) is 0.217. The predicted molar refractivity (Wildman–Crippen MR) is 123 cm³/mol. The van der Waals surface area contributed by atoms with Crippen molar-refractivity contribution in [3.05, 3.63) is 63.5 Å². The molecular weight excluding hydrogens is 470 g/mol. The van der Waals surface area contributed by atoms with Crippen LogP contribution in [0.25, 0.3) is 6.08 Å². The number of hydrogen-bond acceptors (Lipinski definition) is 8. The number of thioether (sulfide) groups is 1. The van der Waals surface area contributed by atoms with Gasteiger partial charge in [-0.15, -0.1) is 0 Å². The van der Waals surface area contributed by atoms with E-state index in [1.54, 1.807) is 38.1 Å². The van der Waals surface area contributed by atoms with E-state index >= 15 is 0 Å². The fourth-order valence-electron chi connectivity index (χ4n) is 2.82. The molecule has 8 nitrogen and oxygen atoms in total. The smallest absolute Gasteiger partial charge is 0.343 e. The van der Waals surface area contributed by atoms with Gasteiger partial charge in [0.2, 0.25) is 0 Å². The molecule has 3 rings (SSSR count). The quantitative estimate of drug-likeness (QED) is 0.317. The first-order valence-electron chi connectivity index (χ1n) is 9.78. The van der Waals surface area contributed by atoms with Gasteiger partial charge in [-0.25, -0.2) is 4.79 Å². The Kier molecular flexibility index (Phi) is 7.78. The van der Waals surface area contributed by atoms with Crippen LogP contribution in [0.5, 0.6) is 11.5 Å². The molecule has 1 fully saturated rings. The third-order valence-corrected chi connectivity index (χ3v) is 5.46. The molecule has 0 saturated carbocycles. The van der Waals surface area contributed by atoms with E-state index in [-0.39, 0.29) is 16.8 Å².